The third-order valence-corrected chi connectivity index (χ3v) is 5.55. The van der Waals surface area contributed by atoms with Crippen LogP contribution < -0.4 is 0 Å². The van der Waals surface area contributed by atoms with Gasteiger partial charge in [0.25, 0.3) is 0 Å². The summed E-state index contributed by atoms with van der Waals surface area (Å²) < 4.78 is 53.9. The van der Waals surface area contributed by atoms with Gasteiger partial charge >= 0.3 is 6.18 Å². The van der Waals surface area contributed by atoms with E-state index in [1.54, 1.807) is 6.92 Å². The minimum atomic E-state index is -4.50. The topological polar surface area (TPSA) is 61.2 Å². The SMILES string of the molecule is CC(=N[S@@+]([O-])C(C)(C)C)c1cnc(-c2ccnc(C(F)(F)F)c2)s1. The Kier molecular flexibility index (Phi) is 5.36. The van der Waals surface area contributed by atoms with Crippen LogP contribution in [0.3, 0.4) is 0 Å². The molecular formula is C15H16F3N3OS2. The molecule has 2 heterocycles. The maximum Gasteiger partial charge on any atom is 0.433 e. The number of hydrogen-bond acceptors (Lipinski definition) is 5. The Hall–Kier alpha value is -1.45. The van der Waals surface area contributed by atoms with Gasteiger partial charge < -0.3 is 4.55 Å². The highest BCUT2D eigenvalue weighted by molar-refractivity contribution is 7.91. The van der Waals surface area contributed by atoms with Gasteiger partial charge in [-0.1, -0.05) is 4.40 Å². The maximum atomic E-state index is 12.7. The molecule has 0 saturated heterocycles. The van der Waals surface area contributed by atoms with Gasteiger partial charge in [-0.2, -0.15) is 13.2 Å². The number of pyridine rings is 1. The molecule has 4 nitrogen and oxygen atoms in total. The van der Waals surface area contributed by atoms with Crippen LogP contribution in [0.15, 0.2) is 28.9 Å². The molecule has 0 N–H and O–H groups in total. The number of thiazole rings is 1. The van der Waals surface area contributed by atoms with Gasteiger partial charge in [-0.15, -0.1) is 11.3 Å². The van der Waals surface area contributed by atoms with Gasteiger partial charge in [-0.25, -0.2) is 4.98 Å². The summed E-state index contributed by atoms with van der Waals surface area (Å²) in [5.74, 6) is 0. The first-order chi connectivity index (χ1) is 11.0. The zero-order chi connectivity index (χ0) is 18.1. The molecule has 130 valence electrons. The Balaban J connectivity index is 2.30. The first-order valence-electron chi connectivity index (χ1n) is 6.95. The fraction of sp³-hybridized carbons (Fsp3) is 0.400. The highest BCUT2D eigenvalue weighted by atomic mass is 32.2. The van der Waals surface area contributed by atoms with Crippen LogP contribution in [0, 0.1) is 0 Å². The summed E-state index contributed by atoms with van der Waals surface area (Å²) in [6.45, 7) is 7.14. The molecule has 24 heavy (non-hydrogen) atoms. The molecular weight excluding hydrogens is 359 g/mol. The number of nitrogens with zero attached hydrogens (tertiary/aromatic N) is 3. The summed E-state index contributed by atoms with van der Waals surface area (Å²) in [5, 5.41) is 0.425. The average Bonchev–Trinajstić information content (AvgIpc) is 2.95. The number of hydrogen-bond donors (Lipinski definition) is 0. The molecule has 0 fully saturated rings. The molecule has 0 aliphatic carbocycles. The zero-order valence-corrected chi connectivity index (χ0v) is 15.1. The fourth-order valence-corrected chi connectivity index (χ4v) is 3.14. The Morgan fingerprint density at radius 2 is 1.92 bits per heavy atom. The van der Waals surface area contributed by atoms with Crippen molar-refractivity contribution >= 4 is 28.4 Å². The molecule has 0 aliphatic rings. The van der Waals surface area contributed by atoms with Crippen LogP contribution in [-0.2, 0) is 17.5 Å². The number of aromatic nitrogens is 2. The van der Waals surface area contributed by atoms with Crippen molar-refractivity contribution in [1.29, 1.82) is 0 Å². The van der Waals surface area contributed by atoms with E-state index in [1.165, 1.54) is 23.6 Å². The van der Waals surface area contributed by atoms with E-state index in [-0.39, 0.29) is 0 Å². The lowest BCUT2D eigenvalue weighted by Gasteiger charge is -2.18. The second-order valence-corrected chi connectivity index (χ2v) is 8.93. The predicted molar refractivity (Wildman–Crippen MR) is 90.5 cm³/mol. The third kappa shape index (κ3) is 4.55. The van der Waals surface area contributed by atoms with Crippen molar-refractivity contribution in [2.45, 2.75) is 38.6 Å². The molecule has 0 bridgehead atoms. The maximum absolute atomic E-state index is 12.7. The fourth-order valence-electron chi connectivity index (χ4n) is 1.60. The molecule has 0 radical (unpaired) electrons. The quantitative estimate of drug-likeness (QED) is 0.586. The largest absolute Gasteiger partial charge is 0.591 e. The smallest absolute Gasteiger partial charge is 0.433 e. The van der Waals surface area contributed by atoms with Gasteiger partial charge in [-0.3, -0.25) is 4.98 Å². The summed E-state index contributed by atoms with van der Waals surface area (Å²) >= 11 is -0.216. The highest BCUT2D eigenvalue weighted by Gasteiger charge is 2.32. The third-order valence-electron chi connectivity index (χ3n) is 2.90. The van der Waals surface area contributed by atoms with Crippen LogP contribution in [-0.4, -0.2) is 25.0 Å². The van der Waals surface area contributed by atoms with E-state index >= 15 is 0 Å². The van der Waals surface area contributed by atoms with Crippen molar-refractivity contribution in [3.63, 3.8) is 0 Å². The lowest BCUT2D eigenvalue weighted by atomic mass is 10.2. The summed E-state index contributed by atoms with van der Waals surface area (Å²) in [6, 6.07) is 2.43. The van der Waals surface area contributed by atoms with Gasteiger partial charge in [0.1, 0.15) is 32.5 Å². The number of alkyl halides is 3. The number of halogens is 3. The highest BCUT2D eigenvalue weighted by Crippen LogP contribution is 2.32. The average molecular weight is 375 g/mol. The molecule has 0 saturated carbocycles. The molecule has 0 aliphatic heterocycles. The first kappa shape index (κ1) is 18.9. The molecule has 0 amide bonds. The van der Waals surface area contributed by atoms with Crippen LogP contribution >= 0.6 is 11.3 Å². The minimum Gasteiger partial charge on any atom is -0.591 e. The minimum absolute atomic E-state index is 0.332. The van der Waals surface area contributed by atoms with Crippen LogP contribution in [0.4, 0.5) is 13.2 Å². The number of rotatable bonds is 3. The summed E-state index contributed by atoms with van der Waals surface area (Å²) in [4.78, 5) is 8.14. The van der Waals surface area contributed by atoms with Crippen molar-refractivity contribution in [1.82, 2.24) is 9.97 Å². The van der Waals surface area contributed by atoms with Crippen molar-refractivity contribution < 1.29 is 17.7 Å². The Bertz CT molecular complexity index is 751. The van der Waals surface area contributed by atoms with E-state index in [2.05, 4.69) is 14.4 Å². The first-order valence-corrected chi connectivity index (χ1v) is 8.88. The second kappa shape index (κ2) is 6.81. The van der Waals surface area contributed by atoms with Crippen LogP contribution in [0.25, 0.3) is 10.6 Å². The summed E-state index contributed by atoms with van der Waals surface area (Å²) in [6.07, 6.45) is -1.88. The molecule has 2 rings (SSSR count). The van der Waals surface area contributed by atoms with E-state index in [4.69, 9.17) is 0 Å². The zero-order valence-electron chi connectivity index (χ0n) is 13.5. The Morgan fingerprint density at radius 1 is 1.25 bits per heavy atom. The molecule has 2 aromatic rings. The van der Waals surface area contributed by atoms with Crippen molar-refractivity contribution in [2.24, 2.45) is 4.40 Å². The molecule has 0 unspecified atom stereocenters. The van der Waals surface area contributed by atoms with Gasteiger partial charge in [0.15, 0.2) is 0 Å². The molecule has 0 spiro atoms. The van der Waals surface area contributed by atoms with Gasteiger partial charge in [0, 0.05) is 18.0 Å². The van der Waals surface area contributed by atoms with E-state index in [0.717, 1.165) is 12.3 Å². The van der Waals surface area contributed by atoms with E-state index in [9.17, 15) is 17.7 Å². The molecule has 2 aromatic heterocycles. The molecule has 0 aromatic carbocycles. The van der Waals surface area contributed by atoms with E-state index < -0.39 is 28.0 Å². The normalized spacial score (nSPS) is 14.8. The Labute approximate surface area is 145 Å². The van der Waals surface area contributed by atoms with Crippen molar-refractivity contribution in [3.05, 3.63) is 35.1 Å². The van der Waals surface area contributed by atoms with Crippen LogP contribution in [0.2, 0.25) is 0 Å². The molecule has 9 heteroatoms. The van der Waals surface area contributed by atoms with E-state index in [0.29, 0.717) is 21.2 Å². The second-order valence-electron chi connectivity index (χ2n) is 6.00. The standard InChI is InChI=1S/C15H16F3N3OS2/c1-9(21-24(22)14(2,3)4)11-8-20-13(23-11)10-5-6-19-12(7-10)15(16,17)18/h5-8H,1-4H3/t24-/m0/s1. The van der Waals surface area contributed by atoms with Gasteiger partial charge in [-0.05, 0) is 39.8 Å². The van der Waals surface area contributed by atoms with E-state index in [1.807, 2.05) is 20.8 Å². The predicted octanol–water partition coefficient (Wildman–Crippen LogP) is 4.50. The lowest BCUT2D eigenvalue weighted by molar-refractivity contribution is -0.141. The van der Waals surface area contributed by atoms with Crippen molar-refractivity contribution in [3.8, 4) is 10.6 Å². The van der Waals surface area contributed by atoms with Gasteiger partial charge in [0.2, 0.25) is 0 Å². The van der Waals surface area contributed by atoms with Crippen LogP contribution in [0.5, 0.6) is 0 Å². The van der Waals surface area contributed by atoms with Gasteiger partial charge in [0.05, 0.1) is 4.88 Å². The van der Waals surface area contributed by atoms with Crippen molar-refractivity contribution in [2.75, 3.05) is 0 Å². The summed E-state index contributed by atoms with van der Waals surface area (Å²) in [7, 11) is 0. The lowest BCUT2D eigenvalue weighted by Crippen LogP contribution is -2.26. The Morgan fingerprint density at radius 3 is 2.50 bits per heavy atom. The molecule has 1 atom stereocenters. The monoisotopic (exact) mass is 375 g/mol. The summed E-state index contributed by atoms with van der Waals surface area (Å²) in [5.41, 5.74) is -0.0913. The van der Waals surface area contributed by atoms with Crippen LogP contribution in [0.1, 0.15) is 38.3 Å².